The Kier molecular flexibility index (Phi) is 3.84. The number of carbonyl (C=O) groups excluding carboxylic acids is 1. The van der Waals surface area contributed by atoms with Crippen molar-refractivity contribution in [3.8, 4) is 5.75 Å². The number of hydrogen-bond acceptors (Lipinski definition) is 3. The Hall–Kier alpha value is -0.220. The molecule has 0 aromatic carbocycles. The van der Waals surface area contributed by atoms with Gasteiger partial charge in [0.1, 0.15) is 10.0 Å². The number of rotatable bonds is 1. The Morgan fingerprint density at radius 3 is 1.93 bits per heavy atom. The third-order valence-electron chi connectivity index (χ3n) is 1.20. The maximum absolute atomic E-state index is 10.7. The van der Waals surface area contributed by atoms with Crippen molar-refractivity contribution in [1.82, 2.24) is 4.98 Å². The summed E-state index contributed by atoms with van der Waals surface area (Å²) >= 11 is 22.6. The van der Waals surface area contributed by atoms with Crippen LogP contribution >= 0.6 is 46.4 Å². The first-order valence-corrected chi connectivity index (χ1v) is 4.83. The molecule has 0 bridgehead atoms. The SMILES string of the molecule is CC(=O)Oc1c(Cl)c(Cl)nc(Cl)c1Cl. The van der Waals surface area contributed by atoms with Crippen LogP contribution in [0.2, 0.25) is 20.4 Å². The molecule has 0 spiro atoms. The molecule has 0 saturated carbocycles. The Morgan fingerprint density at radius 1 is 1.14 bits per heavy atom. The summed E-state index contributed by atoms with van der Waals surface area (Å²) in [6, 6.07) is 0. The van der Waals surface area contributed by atoms with Crippen LogP contribution in [0.4, 0.5) is 0 Å². The van der Waals surface area contributed by atoms with Gasteiger partial charge in [-0.2, -0.15) is 0 Å². The number of hydrogen-bond donors (Lipinski definition) is 0. The minimum atomic E-state index is -0.577. The molecule has 0 amide bonds. The third kappa shape index (κ3) is 2.42. The van der Waals surface area contributed by atoms with Gasteiger partial charge >= 0.3 is 5.97 Å². The first-order valence-electron chi connectivity index (χ1n) is 3.32. The lowest BCUT2D eigenvalue weighted by molar-refractivity contribution is -0.131. The number of ether oxygens (including phenoxy) is 1. The zero-order valence-electron chi connectivity index (χ0n) is 6.78. The molecule has 0 fully saturated rings. The van der Waals surface area contributed by atoms with Gasteiger partial charge in [0.2, 0.25) is 0 Å². The number of aromatic nitrogens is 1. The topological polar surface area (TPSA) is 39.2 Å². The smallest absolute Gasteiger partial charge is 0.308 e. The van der Waals surface area contributed by atoms with E-state index in [-0.39, 0.29) is 26.1 Å². The minimum absolute atomic E-state index is 0.0451. The van der Waals surface area contributed by atoms with Crippen LogP contribution in [-0.4, -0.2) is 11.0 Å². The van der Waals surface area contributed by atoms with Crippen molar-refractivity contribution in [2.75, 3.05) is 0 Å². The zero-order valence-corrected chi connectivity index (χ0v) is 9.80. The van der Waals surface area contributed by atoms with E-state index in [0.717, 1.165) is 0 Å². The summed E-state index contributed by atoms with van der Waals surface area (Å²) in [5.41, 5.74) is 0. The molecule has 1 aromatic rings. The molecule has 0 N–H and O–H groups in total. The molecule has 0 saturated heterocycles. The summed E-state index contributed by atoms with van der Waals surface area (Å²) in [6.07, 6.45) is 0. The van der Waals surface area contributed by atoms with Gasteiger partial charge in [0.15, 0.2) is 16.1 Å². The standard InChI is InChI=1S/C7H3Cl4NO2/c1-2(13)14-5-3(8)6(10)12-7(11)4(5)9/h1H3. The predicted octanol–water partition coefficient (Wildman–Crippen LogP) is 3.62. The average Bonchev–Trinajstić information content (AvgIpc) is 2.09. The number of esters is 1. The molecule has 14 heavy (non-hydrogen) atoms. The van der Waals surface area contributed by atoms with E-state index in [0.29, 0.717) is 0 Å². The Bertz CT molecular complexity index is 368. The molecule has 7 heteroatoms. The van der Waals surface area contributed by atoms with Crippen molar-refractivity contribution in [2.24, 2.45) is 0 Å². The van der Waals surface area contributed by atoms with Gasteiger partial charge in [-0.05, 0) is 0 Å². The zero-order chi connectivity index (χ0) is 10.9. The summed E-state index contributed by atoms with van der Waals surface area (Å²) in [7, 11) is 0. The molecule has 1 rings (SSSR count). The summed E-state index contributed by atoms with van der Waals surface area (Å²) in [6.45, 7) is 1.20. The van der Waals surface area contributed by atoms with Crippen LogP contribution in [0.5, 0.6) is 5.75 Å². The van der Waals surface area contributed by atoms with E-state index in [9.17, 15) is 4.79 Å². The summed E-state index contributed by atoms with van der Waals surface area (Å²) in [5.74, 6) is -0.655. The number of pyridine rings is 1. The average molecular weight is 275 g/mol. The predicted molar refractivity (Wildman–Crippen MR) is 55.6 cm³/mol. The molecule has 0 aliphatic rings. The number of nitrogens with zero attached hydrogens (tertiary/aromatic N) is 1. The van der Waals surface area contributed by atoms with Crippen molar-refractivity contribution in [1.29, 1.82) is 0 Å². The van der Waals surface area contributed by atoms with Crippen molar-refractivity contribution >= 4 is 52.4 Å². The molecule has 1 heterocycles. The molecule has 0 aliphatic heterocycles. The van der Waals surface area contributed by atoms with Crippen LogP contribution < -0.4 is 4.74 Å². The fourth-order valence-electron chi connectivity index (χ4n) is 0.701. The number of carbonyl (C=O) groups is 1. The summed E-state index contributed by atoms with van der Waals surface area (Å²) in [4.78, 5) is 14.3. The van der Waals surface area contributed by atoms with E-state index < -0.39 is 5.97 Å². The van der Waals surface area contributed by atoms with Crippen LogP contribution in [0, 0.1) is 0 Å². The van der Waals surface area contributed by atoms with Gasteiger partial charge in [-0.15, -0.1) is 0 Å². The molecule has 0 unspecified atom stereocenters. The lowest BCUT2D eigenvalue weighted by atomic mass is 10.4. The quantitative estimate of drug-likeness (QED) is 0.580. The van der Waals surface area contributed by atoms with Gasteiger partial charge in [0.05, 0.1) is 0 Å². The summed E-state index contributed by atoms with van der Waals surface area (Å²) in [5, 5.41) is -0.234. The van der Waals surface area contributed by atoms with Crippen LogP contribution in [-0.2, 0) is 4.79 Å². The highest BCUT2D eigenvalue weighted by Gasteiger charge is 2.18. The maximum atomic E-state index is 10.7. The molecule has 1 aromatic heterocycles. The maximum Gasteiger partial charge on any atom is 0.308 e. The largest absolute Gasteiger partial charge is 0.423 e. The highest BCUT2D eigenvalue weighted by Crippen LogP contribution is 2.40. The first-order chi connectivity index (χ1) is 6.43. The highest BCUT2D eigenvalue weighted by atomic mass is 35.5. The van der Waals surface area contributed by atoms with E-state index in [1.807, 2.05) is 0 Å². The van der Waals surface area contributed by atoms with Gasteiger partial charge in [-0.3, -0.25) is 4.79 Å². The van der Waals surface area contributed by atoms with Crippen molar-refractivity contribution in [3.63, 3.8) is 0 Å². The van der Waals surface area contributed by atoms with Gasteiger partial charge < -0.3 is 4.74 Å². The molecule has 3 nitrogen and oxygen atoms in total. The normalized spacial score (nSPS) is 10.1. The van der Waals surface area contributed by atoms with E-state index in [1.54, 1.807) is 0 Å². The van der Waals surface area contributed by atoms with Crippen molar-refractivity contribution < 1.29 is 9.53 Å². The Balaban J connectivity index is 3.31. The van der Waals surface area contributed by atoms with E-state index >= 15 is 0 Å². The van der Waals surface area contributed by atoms with Crippen LogP contribution in [0.1, 0.15) is 6.92 Å². The minimum Gasteiger partial charge on any atom is -0.423 e. The Morgan fingerprint density at radius 2 is 1.57 bits per heavy atom. The van der Waals surface area contributed by atoms with Crippen molar-refractivity contribution in [3.05, 3.63) is 20.4 Å². The molecule has 0 radical (unpaired) electrons. The Labute approximate surface area is 99.9 Å². The van der Waals surface area contributed by atoms with Crippen molar-refractivity contribution in [2.45, 2.75) is 6.92 Å². The van der Waals surface area contributed by atoms with E-state index in [4.69, 9.17) is 51.1 Å². The monoisotopic (exact) mass is 273 g/mol. The van der Waals surface area contributed by atoms with Crippen LogP contribution in [0.15, 0.2) is 0 Å². The van der Waals surface area contributed by atoms with Gasteiger partial charge in [-0.1, -0.05) is 46.4 Å². The highest BCUT2D eigenvalue weighted by molar-refractivity contribution is 6.47. The molecule has 76 valence electrons. The van der Waals surface area contributed by atoms with Crippen LogP contribution in [0.3, 0.4) is 0 Å². The fraction of sp³-hybridized carbons (Fsp3) is 0.143. The number of halogens is 4. The third-order valence-corrected chi connectivity index (χ3v) is 2.64. The first kappa shape index (κ1) is 11.9. The molecular weight excluding hydrogens is 272 g/mol. The lowest BCUT2D eigenvalue weighted by Crippen LogP contribution is -2.03. The second-order valence-corrected chi connectivity index (χ2v) is 3.72. The summed E-state index contributed by atoms with van der Waals surface area (Å²) < 4.78 is 4.73. The fourth-order valence-corrected chi connectivity index (χ4v) is 1.48. The van der Waals surface area contributed by atoms with E-state index in [1.165, 1.54) is 6.92 Å². The van der Waals surface area contributed by atoms with Gasteiger partial charge in [0, 0.05) is 6.92 Å². The second-order valence-electron chi connectivity index (χ2n) is 2.24. The van der Waals surface area contributed by atoms with Gasteiger partial charge in [-0.25, -0.2) is 4.98 Å². The molecule has 0 atom stereocenters. The molecule has 0 aliphatic carbocycles. The second kappa shape index (κ2) is 4.53. The molecular formula is C7H3Cl4NO2. The van der Waals surface area contributed by atoms with E-state index in [2.05, 4.69) is 4.98 Å². The van der Waals surface area contributed by atoms with Crippen LogP contribution in [0.25, 0.3) is 0 Å². The lowest BCUT2D eigenvalue weighted by Gasteiger charge is -2.07. The van der Waals surface area contributed by atoms with Gasteiger partial charge in [0.25, 0.3) is 0 Å².